The van der Waals surface area contributed by atoms with Gasteiger partial charge in [-0.05, 0) is 31.5 Å². The van der Waals surface area contributed by atoms with E-state index in [1.54, 1.807) is 0 Å². The Morgan fingerprint density at radius 3 is 2.61 bits per heavy atom. The minimum absolute atomic E-state index is 0.535. The molecule has 0 spiro atoms. The Hall–Kier alpha value is -1.13. The van der Waals surface area contributed by atoms with Gasteiger partial charge in [0.05, 0.1) is 11.3 Å². The van der Waals surface area contributed by atoms with Gasteiger partial charge < -0.3 is 5.11 Å². The minimum Gasteiger partial charge on any atom is -0.385 e. The van der Waals surface area contributed by atoms with E-state index in [2.05, 4.69) is 21.0 Å². The number of aliphatic hydroxyl groups is 1. The van der Waals surface area contributed by atoms with Gasteiger partial charge in [0.1, 0.15) is 0 Å². The van der Waals surface area contributed by atoms with Gasteiger partial charge in [0, 0.05) is 23.6 Å². The molecular formula is C14H17BrN2O. The zero-order valence-electron chi connectivity index (χ0n) is 10.8. The van der Waals surface area contributed by atoms with Crippen LogP contribution in [0.15, 0.2) is 34.8 Å². The van der Waals surface area contributed by atoms with Gasteiger partial charge in [-0.1, -0.05) is 34.1 Å². The molecule has 0 aliphatic rings. The van der Waals surface area contributed by atoms with Crippen LogP contribution in [0.25, 0.3) is 0 Å². The fourth-order valence-electron chi connectivity index (χ4n) is 2.18. The first kappa shape index (κ1) is 13.3. The van der Waals surface area contributed by atoms with Crippen LogP contribution in [-0.4, -0.2) is 14.9 Å². The smallest absolute Gasteiger partial charge is 0.0934 e. The molecule has 0 amide bonds. The van der Waals surface area contributed by atoms with Crippen LogP contribution in [0.4, 0.5) is 0 Å². The van der Waals surface area contributed by atoms with E-state index < -0.39 is 5.60 Å². The molecule has 2 aromatic rings. The molecule has 0 aliphatic carbocycles. The lowest BCUT2D eigenvalue weighted by atomic mass is 9.91. The number of aryl methyl sites for hydroxylation is 2. The number of aromatic nitrogens is 2. The van der Waals surface area contributed by atoms with Crippen LogP contribution in [0.1, 0.15) is 23.9 Å². The highest BCUT2D eigenvalue weighted by atomic mass is 79.9. The lowest BCUT2D eigenvalue weighted by Gasteiger charge is -2.25. The average Bonchev–Trinajstić information content (AvgIpc) is 2.57. The van der Waals surface area contributed by atoms with Crippen molar-refractivity contribution in [1.29, 1.82) is 0 Å². The number of halogens is 1. The van der Waals surface area contributed by atoms with Crippen molar-refractivity contribution >= 4 is 15.9 Å². The van der Waals surface area contributed by atoms with Crippen LogP contribution in [0.5, 0.6) is 0 Å². The number of hydrogen-bond donors (Lipinski definition) is 1. The summed E-state index contributed by atoms with van der Waals surface area (Å²) in [6.45, 7) is 3.78. The summed E-state index contributed by atoms with van der Waals surface area (Å²) in [4.78, 5) is 0. The van der Waals surface area contributed by atoms with E-state index in [9.17, 15) is 5.11 Å². The highest BCUT2D eigenvalue weighted by molar-refractivity contribution is 9.10. The number of rotatable bonds is 3. The van der Waals surface area contributed by atoms with E-state index in [4.69, 9.17) is 0 Å². The summed E-state index contributed by atoms with van der Waals surface area (Å²) in [6, 6.07) is 9.76. The van der Waals surface area contributed by atoms with Crippen LogP contribution in [0.2, 0.25) is 0 Å². The molecule has 0 saturated heterocycles. The lowest BCUT2D eigenvalue weighted by Crippen LogP contribution is -2.26. The standard InChI is InChI=1S/C14H17BrN2O/c1-10-8-11(17(3)16-10)9-14(2,18)12-6-4-5-7-13(12)15/h4-8,18H,9H2,1-3H3. The van der Waals surface area contributed by atoms with Gasteiger partial charge in [0.15, 0.2) is 0 Å². The Morgan fingerprint density at radius 2 is 2.06 bits per heavy atom. The third-order valence-electron chi connectivity index (χ3n) is 3.08. The zero-order valence-corrected chi connectivity index (χ0v) is 12.4. The second kappa shape index (κ2) is 4.86. The second-order valence-corrected chi connectivity index (χ2v) is 5.69. The van der Waals surface area contributed by atoms with E-state index in [1.807, 2.05) is 55.9 Å². The van der Waals surface area contributed by atoms with Crippen molar-refractivity contribution in [1.82, 2.24) is 9.78 Å². The molecule has 96 valence electrons. The van der Waals surface area contributed by atoms with Crippen molar-refractivity contribution in [2.45, 2.75) is 25.9 Å². The molecule has 18 heavy (non-hydrogen) atoms. The first-order valence-electron chi connectivity index (χ1n) is 5.87. The molecule has 3 nitrogen and oxygen atoms in total. The van der Waals surface area contributed by atoms with Gasteiger partial charge >= 0.3 is 0 Å². The molecule has 0 aliphatic heterocycles. The monoisotopic (exact) mass is 308 g/mol. The first-order valence-corrected chi connectivity index (χ1v) is 6.66. The van der Waals surface area contributed by atoms with E-state index >= 15 is 0 Å². The molecule has 1 N–H and O–H groups in total. The van der Waals surface area contributed by atoms with Gasteiger partial charge in [-0.15, -0.1) is 0 Å². The summed E-state index contributed by atoms with van der Waals surface area (Å²) < 4.78 is 2.74. The van der Waals surface area contributed by atoms with Crippen LogP contribution in [0.3, 0.4) is 0 Å². The van der Waals surface area contributed by atoms with Crippen molar-refractivity contribution < 1.29 is 5.11 Å². The molecule has 1 unspecified atom stereocenters. The third kappa shape index (κ3) is 2.65. The van der Waals surface area contributed by atoms with E-state index in [0.29, 0.717) is 6.42 Å². The molecule has 4 heteroatoms. The van der Waals surface area contributed by atoms with Gasteiger partial charge in [0.25, 0.3) is 0 Å². The van der Waals surface area contributed by atoms with Crippen molar-refractivity contribution in [3.63, 3.8) is 0 Å². The molecule has 0 bridgehead atoms. The Bertz CT molecular complexity index is 561. The highest BCUT2D eigenvalue weighted by Gasteiger charge is 2.27. The van der Waals surface area contributed by atoms with Gasteiger partial charge in [-0.2, -0.15) is 5.10 Å². The maximum atomic E-state index is 10.7. The fraction of sp³-hybridized carbons (Fsp3) is 0.357. The summed E-state index contributed by atoms with van der Waals surface area (Å²) in [5, 5.41) is 15.0. The summed E-state index contributed by atoms with van der Waals surface area (Å²) in [5.74, 6) is 0. The molecule has 0 fully saturated rings. The molecule has 1 atom stereocenters. The Balaban J connectivity index is 2.32. The molecule has 0 saturated carbocycles. The zero-order chi connectivity index (χ0) is 13.3. The Kier molecular flexibility index (Phi) is 3.59. The van der Waals surface area contributed by atoms with E-state index in [-0.39, 0.29) is 0 Å². The quantitative estimate of drug-likeness (QED) is 0.946. The predicted octanol–water partition coefficient (Wildman–Crippen LogP) is 2.94. The summed E-state index contributed by atoms with van der Waals surface area (Å²) in [7, 11) is 1.90. The van der Waals surface area contributed by atoms with Crippen molar-refractivity contribution in [2.75, 3.05) is 0 Å². The second-order valence-electron chi connectivity index (χ2n) is 4.83. The summed E-state index contributed by atoms with van der Waals surface area (Å²) in [6.07, 6.45) is 0.535. The van der Waals surface area contributed by atoms with Crippen molar-refractivity contribution in [3.8, 4) is 0 Å². The first-order chi connectivity index (χ1) is 8.40. The highest BCUT2D eigenvalue weighted by Crippen LogP contribution is 2.31. The largest absolute Gasteiger partial charge is 0.385 e. The Labute approximate surface area is 116 Å². The van der Waals surface area contributed by atoms with Crippen molar-refractivity contribution in [2.24, 2.45) is 7.05 Å². The predicted molar refractivity (Wildman–Crippen MR) is 75.4 cm³/mol. The van der Waals surface area contributed by atoms with Crippen LogP contribution in [-0.2, 0) is 19.1 Å². The SMILES string of the molecule is Cc1cc(CC(C)(O)c2ccccc2Br)n(C)n1. The molecule has 1 heterocycles. The minimum atomic E-state index is -0.916. The topological polar surface area (TPSA) is 38.0 Å². The average molecular weight is 309 g/mol. The van der Waals surface area contributed by atoms with E-state index in [0.717, 1.165) is 21.4 Å². The van der Waals surface area contributed by atoms with Gasteiger partial charge in [-0.25, -0.2) is 0 Å². The normalized spacial score (nSPS) is 14.5. The van der Waals surface area contributed by atoms with E-state index in [1.165, 1.54) is 0 Å². The van der Waals surface area contributed by atoms with Crippen LogP contribution in [0, 0.1) is 6.92 Å². The summed E-state index contributed by atoms with van der Waals surface area (Å²) in [5.41, 5.74) is 1.97. The maximum Gasteiger partial charge on any atom is 0.0934 e. The lowest BCUT2D eigenvalue weighted by molar-refractivity contribution is 0.0549. The van der Waals surface area contributed by atoms with Gasteiger partial charge in [-0.3, -0.25) is 4.68 Å². The number of nitrogens with zero attached hydrogens (tertiary/aromatic N) is 2. The molecule has 1 aromatic carbocycles. The maximum absolute atomic E-state index is 10.7. The van der Waals surface area contributed by atoms with Crippen LogP contribution < -0.4 is 0 Å². The number of benzene rings is 1. The molecule has 1 aromatic heterocycles. The molecule has 0 radical (unpaired) electrons. The third-order valence-corrected chi connectivity index (χ3v) is 3.77. The molecule has 2 rings (SSSR count). The van der Waals surface area contributed by atoms with Crippen molar-refractivity contribution in [3.05, 3.63) is 51.8 Å². The number of hydrogen-bond acceptors (Lipinski definition) is 2. The summed E-state index contributed by atoms with van der Waals surface area (Å²) >= 11 is 3.49. The molecular weight excluding hydrogens is 292 g/mol. The fourth-order valence-corrected chi connectivity index (χ4v) is 2.89. The Morgan fingerprint density at radius 1 is 1.39 bits per heavy atom. The van der Waals surface area contributed by atoms with Gasteiger partial charge in [0.2, 0.25) is 0 Å². The van der Waals surface area contributed by atoms with Crippen LogP contribution >= 0.6 is 15.9 Å².